The Balaban J connectivity index is 1.77. The first kappa shape index (κ1) is 9.93. The van der Waals surface area contributed by atoms with E-state index in [4.69, 9.17) is 4.74 Å². The van der Waals surface area contributed by atoms with E-state index in [9.17, 15) is 5.11 Å². The van der Waals surface area contributed by atoms with Crippen LogP contribution in [0.2, 0.25) is 0 Å². The van der Waals surface area contributed by atoms with Gasteiger partial charge in [0.1, 0.15) is 0 Å². The lowest BCUT2D eigenvalue weighted by molar-refractivity contribution is -0.0593. The number of amidine groups is 1. The standard InChI is InChI=1S/C10H18N2O2/c13-10(3-6-14-7-4-10)8-12-9-2-1-5-11-9/h13H,1-8H2,(H,11,12). The first-order valence-corrected chi connectivity index (χ1v) is 5.36. The summed E-state index contributed by atoms with van der Waals surface area (Å²) < 4.78 is 5.22. The van der Waals surface area contributed by atoms with Crippen LogP contribution in [0.4, 0.5) is 0 Å². The molecule has 1 saturated heterocycles. The fourth-order valence-corrected chi connectivity index (χ4v) is 1.88. The van der Waals surface area contributed by atoms with Crippen molar-refractivity contribution in [1.82, 2.24) is 5.32 Å². The average Bonchev–Trinajstić information content (AvgIpc) is 2.69. The number of aliphatic hydroxyl groups is 1. The number of hydrogen-bond donors (Lipinski definition) is 2. The minimum Gasteiger partial charge on any atom is -0.388 e. The topological polar surface area (TPSA) is 53.8 Å². The van der Waals surface area contributed by atoms with E-state index < -0.39 is 5.60 Å². The molecular formula is C10H18N2O2. The molecule has 4 heteroatoms. The third-order valence-corrected chi connectivity index (χ3v) is 2.92. The Kier molecular flexibility index (Phi) is 3.03. The maximum absolute atomic E-state index is 10.1. The van der Waals surface area contributed by atoms with Crippen molar-refractivity contribution in [2.75, 3.05) is 26.3 Å². The van der Waals surface area contributed by atoms with Crippen molar-refractivity contribution >= 4 is 5.84 Å². The third-order valence-electron chi connectivity index (χ3n) is 2.92. The first-order chi connectivity index (χ1) is 6.79. The van der Waals surface area contributed by atoms with Gasteiger partial charge < -0.3 is 15.2 Å². The third kappa shape index (κ3) is 2.45. The minimum absolute atomic E-state index is 0.580. The molecule has 0 radical (unpaired) electrons. The molecule has 4 nitrogen and oxygen atoms in total. The molecule has 14 heavy (non-hydrogen) atoms. The highest BCUT2D eigenvalue weighted by molar-refractivity contribution is 5.83. The van der Waals surface area contributed by atoms with Crippen LogP contribution in [-0.4, -0.2) is 42.8 Å². The quantitative estimate of drug-likeness (QED) is 0.671. The smallest absolute Gasteiger partial charge is 0.0964 e. The van der Waals surface area contributed by atoms with Crippen molar-refractivity contribution in [3.05, 3.63) is 0 Å². The number of rotatable bonds is 2. The summed E-state index contributed by atoms with van der Waals surface area (Å²) >= 11 is 0. The Labute approximate surface area is 84.4 Å². The van der Waals surface area contributed by atoms with Crippen LogP contribution < -0.4 is 5.32 Å². The lowest BCUT2D eigenvalue weighted by Gasteiger charge is -2.32. The molecule has 80 valence electrons. The normalized spacial score (nSPS) is 25.9. The highest BCUT2D eigenvalue weighted by atomic mass is 16.5. The van der Waals surface area contributed by atoms with E-state index in [1.165, 1.54) is 0 Å². The average molecular weight is 198 g/mol. The Hall–Kier alpha value is -0.610. The van der Waals surface area contributed by atoms with Gasteiger partial charge in [0.25, 0.3) is 0 Å². The summed E-state index contributed by atoms with van der Waals surface area (Å²) in [6, 6.07) is 0. The van der Waals surface area contributed by atoms with Crippen molar-refractivity contribution < 1.29 is 9.84 Å². The Bertz CT molecular complexity index is 222. The van der Waals surface area contributed by atoms with Crippen LogP contribution in [0.1, 0.15) is 25.7 Å². The lowest BCUT2D eigenvalue weighted by Crippen LogP contribution is -2.46. The summed E-state index contributed by atoms with van der Waals surface area (Å²) in [6.07, 6.45) is 3.64. The van der Waals surface area contributed by atoms with Gasteiger partial charge in [0, 0.05) is 45.6 Å². The Morgan fingerprint density at radius 1 is 1.43 bits per heavy atom. The molecule has 0 spiro atoms. The highest BCUT2D eigenvalue weighted by Gasteiger charge is 2.29. The molecule has 1 fully saturated rings. The number of ether oxygens (including phenoxy) is 1. The van der Waals surface area contributed by atoms with Gasteiger partial charge in [-0.3, -0.25) is 4.99 Å². The van der Waals surface area contributed by atoms with Crippen LogP contribution in [0.3, 0.4) is 0 Å². The highest BCUT2D eigenvalue weighted by Crippen LogP contribution is 2.19. The largest absolute Gasteiger partial charge is 0.388 e. The van der Waals surface area contributed by atoms with Gasteiger partial charge in [0.15, 0.2) is 0 Å². The van der Waals surface area contributed by atoms with Gasteiger partial charge in [-0.05, 0) is 6.42 Å². The molecule has 2 heterocycles. The molecule has 0 amide bonds. The van der Waals surface area contributed by atoms with Gasteiger partial charge in [-0.2, -0.15) is 0 Å². The predicted octanol–water partition coefficient (Wildman–Crippen LogP) is 0.310. The monoisotopic (exact) mass is 198 g/mol. The van der Waals surface area contributed by atoms with E-state index in [0.717, 1.165) is 38.1 Å². The zero-order valence-electron chi connectivity index (χ0n) is 8.46. The van der Waals surface area contributed by atoms with Crippen LogP contribution in [-0.2, 0) is 4.74 Å². The van der Waals surface area contributed by atoms with Crippen LogP contribution in [0.15, 0.2) is 4.99 Å². The van der Waals surface area contributed by atoms with Gasteiger partial charge in [0.05, 0.1) is 11.4 Å². The van der Waals surface area contributed by atoms with E-state index in [1.54, 1.807) is 0 Å². The molecule has 0 aromatic carbocycles. The summed E-state index contributed by atoms with van der Waals surface area (Å²) in [5.41, 5.74) is -0.580. The summed E-state index contributed by atoms with van der Waals surface area (Å²) in [4.78, 5) is 4.31. The summed E-state index contributed by atoms with van der Waals surface area (Å²) in [5, 5.41) is 13.4. The number of aliphatic imine (C=N–C) groups is 1. The predicted molar refractivity (Wildman–Crippen MR) is 54.5 cm³/mol. The number of nitrogens with one attached hydrogen (secondary N) is 1. The lowest BCUT2D eigenvalue weighted by atomic mass is 9.94. The van der Waals surface area contributed by atoms with Crippen molar-refractivity contribution in [2.24, 2.45) is 4.99 Å². The van der Waals surface area contributed by atoms with Gasteiger partial charge in [-0.15, -0.1) is 0 Å². The molecule has 0 aliphatic carbocycles. The molecule has 0 bridgehead atoms. The van der Waals surface area contributed by atoms with Crippen LogP contribution in [0, 0.1) is 0 Å². The molecule has 0 saturated carbocycles. The van der Waals surface area contributed by atoms with E-state index >= 15 is 0 Å². The van der Waals surface area contributed by atoms with Crippen LogP contribution >= 0.6 is 0 Å². The van der Waals surface area contributed by atoms with E-state index in [2.05, 4.69) is 10.3 Å². The second kappa shape index (κ2) is 4.28. The Morgan fingerprint density at radius 2 is 2.21 bits per heavy atom. The fraction of sp³-hybridized carbons (Fsp3) is 0.900. The molecule has 2 rings (SSSR count). The van der Waals surface area contributed by atoms with Crippen LogP contribution in [0.5, 0.6) is 0 Å². The van der Waals surface area contributed by atoms with Gasteiger partial charge >= 0.3 is 0 Å². The molecule has 0 unspecified atom stereocenters. The van der Waals surface area contributed by atoms with Crippen molar-refractivity contribution in [3.8, 4) is 0 Å². The minimum atomic E-state index is -0.580. The van der Waals surface area contributed by atoms with E-state index in [-0.39, 0.29) is 0 Å². The maximum Gasteiger partial charge on any atom is 0.0964 e. The zero-order chi connectivity index (χ0) is 9.86. The molecule has 2 aliphatic rings. The molecule has 2 N–H and O–H groups in total. The second-order valence-corrected chi connectivity index (χ2v) is 4.12. The Morgan fingerprint density at radius 3 is 2.86 bits per heavy atom. The number of nitrogens with zero attached hydrogens (tertiary/aromatic N) is 1. The van der Waals surface area contributed by atoms with Gasteiger partial charge in [-0.1, -0.05) is 0 Å². The summed E-state index contributed by atoms with van der Waals surface area (Å²) in [5.74, 6) is 1.06. The summed E-state index contributed by atoms with van der Waals surface area (Å²) in [6.45, 7) is 2.90. The first-order valence-electron chi connectivity index (χ1n) is 5.36. The SMILES string of the molecule is OC1(CNC2=NCCC2)CCOCC1. The van der Waals surface area contributed by atoms with Crippen molar-refractivity contribution in [2.45, 2.75) is 31.3 Å². The maximum atomic E-state index is 10.1. The molecular weight excluding hydrogens is 180 g/mol. The molecule has 0 aromatic rings. The zero-order valence-corrected chi connectivity index (χ0v) is 8.46. The van der Waals surface area contributed by atoms with Crippen molar-refractivity contribution in [1.29, 1.82) is 0 Å². The van der Waals surface area contributed by atoms with Crippen LogP contribution in [0.25, 0.3) is 0 Å². The fourth-order valence-electron chi connectivity index (χ4n) is 1.88. The summed E-state index contributed by atoms with van der Waals surface area (Å²) in [7, 11) is 0. The molecule has 0 atom stereocenters. The van der Waals surface area contributed by atoms with E-state index in [1.807, 2.05) is 0 Å². The van der Waals surface area contributed by atoms with Crippen molar-refractivity contribution in [3.63, 3.8) is 0 Å². The second-order valence-electron chi connectivity index (χ2n) is 4.12. The van der Waals surface area contributed by atoms with E-state index in [0.29, 0.717) is 19.8 Å². The number of hydrogen-bond acceptors (Lipinski definition) is 4. The van der Waals surface area contributed by atoms with Gasteiger partial charge in [0.2, 0.25) is 0 Å². The molecule has 2 aliphatic heterocycles. The van der Waals surface area contributed by atoms with Gasteiger partial charge in [-0.25, -0.2) is 0 Å². The molecule has 0 aromatic heterocycles.